The van der Waals surface area contributed by atoms with Crippen LogP contribution in [-0.4, -0.2) is 25.2 Å². The van der Waals surface area contributed by atoms with Gasteiger partial charge < -0.3 is 14.8 Å². The van der Waals surface area contributed by atoms with E-state index >= 15 is 0 Å². The number of hydrogen-bond acceptors (Lipinski definition) is 3. The minimum Gasteiger partial charge on any atom is -0.491 e. The number of hydrogen-bond donors (Lipinski definition) is 1. The van der Waals surface area contributed by atoms with Crippen molar-refractivity contribution < 1.29 is 14.3 Å². The van der Waals surface area contributed by atoms with Crippen LogP contribution in [0.2, 0.25) is 0 Å². The molecule has 24 heavy (non-hydrogen) atoms. The molecule has 0 fully saturated rings. The Kier molecular flexibility index (Phi) is 6.24. The average molecular weight is 327 g/mol. The lowest BCUT2D eigenvalue weighted by Gasteiger charge is -2.16. The highest BCUT2D eigenvalue weighted by Gasteiger charge is 2.14. The molecule has 1 atom stereocenters. The van der Waals surface area contributed by atoms with E-state index in [0.29, 0.717) is 13.2 Å². The lowest BCUT2D eigenvalue weighted by molar-refractivity contribution is -0.127. The number of benzene rings is 2. The Morgan fingerprint density at radius 3 is 2.50 bits per heavy atom. The second-order valence-corrected chi connectivity index (χ2v) is 5.93. The third kappa shape index (κ3) is 5.01. The number of carbonyl (C=O) groups is 1. The maximum atomic E-state index is 12.1. The van der Waals surface area contributed by atoms with Crippen molar-refractivity contribution in [2.75, 3.05) is 13.2 Å². The Morgan fingerprint density at radius 1 is 1.04 bits per heavy atom. The molecular formula is C20H25NO3. The quantitative estimate of drug-likeness (QED) is 0.791. The van der Waals surface area contributed by atoms with Gasteiger partial charge in [-0.1, -0.05) is 35.9 Å². The Hall–Kier alpha value is -2.49. The standard InChI is InChI=1S/C20H25NO3/c1-14-9-10-18(16(3)13-14)23-12-11-21-20(22)17(4)24-19-8-6-5-7-15(19)2/h5-10,13,17H,11-12H2,1-4H3,(H,21,22). The molecule has 0 radical (unpaired) electrons. The third-order valence-corrected chi connectivity index (χ3v) is 3.76. The maximum Gasteiger partial charge on any atom is 0.260 e. The lowest BCUT2D eigenvalue weighted by atomic mass is 10.1. The monoisotopic (exact) mass is 327 g/mol. The molecule has 128 valence electrons. The van der Waals surface area contributed by atoms with E-state index < -0.39 is 6.10 Å². The molecule has 0 heterocycles. The first kappa shape index (κ1) is 17.9. The van der Waals surface area contributed by atoms with Crippen molar-refractivity contribution in [2.24, 2.45) is 0 Å². The fraction of sp³-hybridized carbons (Fsp3) is 0.350. The number of rotatable bonds is 7. The molecule has 1 unspecified atom stereocenters. The number of para-hydroxylation sites is 1. The number of amides is 1. The maximum absolute atomic E-state index is 12.1. The van der Waals surface area contributed by atoms with Gasteiger partial charge in [-0.2, -0.15) is 0 Å². The summed E-state index contributed by atoms with van der Waals surface area (Å²) in [4.78, 5) is 12.1. The summed E-state index contributed by atoms with van der Waals surface area (Å²) in [7, 11) is 0. The van der Waals surface area contributed by atoms with Crippen molar-refractivity contribution in [3.63, 3.8) is 0 Å². The van der Waals surface area contributed by atoms with E-state index in [0.717, 1.165) is 22.6 Å². The van der Waals surface area contributed by atoms with Gasteiger partial charge in [-0.15, -0.1) is 0 Å². The van der Waals surface area contributed by atoms with Crippen LogP contribution in [0.25, 0.3) is 0 Å². The highest BCUT2D eigenvalue weighted by atomic mass is 16.5. The average Bonchev–Trinajstić information content (AvgIpc) is 2.55. The third-order valence-electron chi connectivity index (χ3n) is 3.76. The minimum absolute atomic E-state index is 0.150. The van der Waals surface area contributed by atoms with E-state index in [2.05, 4.69) is 11.4 Å². The first-order valence-corrected chi connectivity index (χ1v) is 8.17. The second-order valence-electron chi connectivity index (χ2n) is 5.93. The van der Waals surface area contributed by atoms with Crippen molar-refractivity contribution in [3.8, 4) is 11.5 Å². The summed E-state index contributed by atoms with van der Waals surface area (Å²) in [6.45, 7) is 8.62. The molecule has 0 saturated carbocycles. The molecule has 0 bridgehead atoms. The van der Waals surface area contributed by atoms with Gasteiger partial charge in [0.25, 0.3) is 5.91 Å². The number of carbonyl (C=O) groups excluding carboxylic acids is 1. The highest BCUT2D eigenvalue weighted by molar-refractivity contribution is 5.80. The van der Waals surface area contributed by atoms with Gasteiger partial charge in [0.15, 0.2) is 6.10 Å². The molecule has 4 nitrogen and oxygen atoms in total. The van der Waals surface area contributed by atoms with E-state index in [1.807, 2.05) is 57.2 Å². The smallest absolute Gasteiger partial charge is 0.260 e. The molecule has 1 amide bonds. The van der Waals surface area contributed by atoms with Crippen LogP contribution >= 0.6 is 0 Å². The highest BCUT2D eigenvalue weighted by Crippen LogP contribution is 2.19. The van der Waals surface area contributed by atoms with Gasteiger partial charge in [-0.05, 0) is 51.0 Å². The molecule has 0 spiro atoms. The van der Waals surface area contributed by atoms with Crippen molar-refractivity contribution >= 4 is 5.91 Å². The summed E-state index contributed by atoms with van der Waals surface area (Å²) < 4.78 is 11.4. The fourth-order valence-electron chi connectivity index (χ4n) is 2.37. The van der Waals surface area contributed by atoms with E-state index in [-0.39, 0.29) is 5.91 Å². The van der Waals surface area contributed by atoms with Gasteiger partial charge in [0.05, 0.1) is 6.54 Å². The summed E-state index contributed by atoms with van der Waals surface area (Å²) in [5.41, 5.74) is 3.31. The van der Waals surface area contributed by atoms with Crippen LogP contribution in [0.5, 0.6) is 11.5 Å². The van der Waals surface area contributed by atoms with Crippen LogP contribution in [0.3, 0.4) is 0 Å². The van der Waals surface area contributed by atoms with Gasteiger partial charge in [0.1, 0.15) is 18.1 Å². The number of ether oxygens (including phenoxy) is 2. The van der Waals surface area contributed by atoms with E-state index in [1.54, 1.807) is 6.92 Å². The Labute approximate surface area is 143 Å². The van der Waals surface area contributed by atoms with Crippen LogP contribution in [0.15, 0.2) is 42.5 Å². The summed E-state index contributed by atoms with van der Waals surface area (Å²) in [6.07, 6.45) is -0.549. The normalized spacial score (nSPS) is 11.7. The molecule has 0 saturated heterocycles. The van der Waals surface area contributed by atoms with Crippen LogP contribution in [0.4, 0.5) is 0 Å². The van der Waals surface area contributed by atoms with Crippen molar-refractivity contribution in [1.82, 2.24) is 5.32 Å². The first-order valence-electron chi connectivity index (χ1n) is 8.17. The SMILES string of the molecule is Cc1ccc(OCCNC(=O)C(C)Oc2ccccc2C)c(C)c1. The zero-order valence-corrected chi connectivity index (χ0v) is 14.8. The van der Waals surface area contributed by atoms with Gasteiger partial charge in [-0.25, -0.2) is 0 Å². The molecule has 0 aliphatic carbocycles. The van der Waals surface area contributed by atoms with Gasteiger partial charge in [0.2, 0.25) is 0 Å². The zero-order valence-electron chi connectivity index (χ0n) is 14.8. The summed E-state index contributed by atoms with van der Waals surface area (Å²) >= 11 is 0. The van der Waals surface area contributed by atoms with Gasteiger partial charge in [0, 0.05) is 0 Å². The second kappa shape index (κ2) is 8.39. The molecule has 1 N–H and O–H groups in total. The van der Waals surface area contributed by atoms with E-state index in [4.69, 9.17) is 9.47 Å². The first-order chi connectivity index (χ1) is 11.5. The van der Waals surface area contributed by atoms with Crippen LogP contribution in [0.1, 0.15) is 23.6 Å². The van der Waals surface area contributed by atoms with E-state index in [1.165, 1.54) is 5.56 Å². The molecule has 0 aromatic heterocycles. The molecule has 2 aromatic rings. The number of aryl methyl sites for hydroxylation is 3. The predicted molar refractivity (Wildman–Crippen MR) is 95.7 cm³/mol. The van der Waals surface area contributed by atoms with Crippen LogP contribution in [-0.2, 0) is 4.79 Å². The van der Waals surface area contributed by atoms with Crippen molar-refractivity contribution in [1.29, 1.82) is 0 Å². The Balaban J connectivity index is 1.75. The summed E-state index contributed by atoms with van der Waals surface area (Å²) in [5.74, 6) is 1.42. The van der Waals surface area contributed by atoms with Crippen molar-refractivity contribution in [3.05, 3.63) is 59.2 Å². The Morgan fingerprint density at radius 2 is 1.79 bits per heavy atom. The number of nitrogens with one attached hydrogen (secondary N) is 1. The molecular weight excluding hydrogens is 302 g/mol. The zero-order chi connectivity index (χ0) is 17.5. The molecule has 0 aliphatic rings. The molecule has 4 heteroatoms. The molecule has 0 aliphatic heterocycles. The summed E-state index contributed by atoms with van der Waals surface area (Å²) in [5, 5.41) is 2.83. The van der Waals surface area contributed by atoms with Gasteiger partial charge >= 0.3 is 0 Å². The van der Waals surface area contributed by atoms with Crippen molar-refractivity contribution in [2.45, 2.75) is 33.8 Å². The largest absolute Gasteiger partial charge is 0.491 e. The van der Waals surface area contributed by atoms with Gasteiger partial charge in [-0.3, -0.25) is 4.79 Å². The topological polar surface area (TPSA) is 47.6 Å². The molecule has 2 rings (SSSR count). The Bertz CT molecular complexity index is 697. The summed E-state index contributed by atoms with van der Waals surface area (Å²) in [6, 6.07) is 13.7. The molecule has 2 aromatic carbocycles. The van der Waals surface area contributed by atoms with E-state index in [9.17, 15) is 4.79 Å². The fourth-order valence-corrected chi connectivity index (χ4v) is 2.37. The van der Waals surface area contributed by atoms with Crippen LogP contribution in [0, 0.1) is 20.8 Å². The predicted octanol–water partition coefficient (Wildman–Crippen LogP) is 3.57. The van der Waals surface area contributed by atoms with Crippen LogP contribution < -0.4 is 14.8 Å². The minimum atomic E-state index is -0.549. The lowest BCUT2D eigenvalue weighted by Crippen LogP contribution is -2.38.